The molecule has 1 aromatic rings. The molecular formula is C16H20INO. The Morgan fingerprint density at radius 2 is 1.84 bits per heavy atom. The third-order valence-electron chi connectivity index (χ3n) is 4.35. The zero-order valence-electron chi connectivity index (χ0n) is 11.1. The first kappa shape index (κ1) is 13.4. The Morgan fingerprint density at radius 1 is 1.16 bits per heavy atom. The van der Waals surface area contributed by atoms with Crippen molar-refractivity contribution in [2.75, 3.05) is 13.1 Å². The van der Waals surface area contributed by atoms with Gasteiger partial charge in [-0.15, -0.1) is 0 Å². The van der Waals surface area contributed by atoms with Crippen molar-refractivity contribution in [2.24, 2.45) is 11.8 Å². The number of hydrogen-bond acceptors (Lipinski definition) is 1. The lowest BCUT2D eigenvalue weighted by Gasteiger charge is -2.17. The number of likely N-dealkylation sites (tertiary alicyclic amines) is 1. The van der Waals surface area contributed by atoms with Gasteiger partial charge in [-0.2, -0.15) is 0 Å². The van der Waals surface area contributed by atoms with E-state index in [0.29, 0.717) is 5.91 Å². The van der Waals surface area contributed by atoms with Gasteiger partial charge in [-0.3, -0.25) is 4.79 Å². The molecule has 102 valence electrons. The second-order valence-electron chi connectivity index (χ2n) is 5.89. The minimum Gasteiger partial charge on any atom is -0.342 e. The fraction of sp³-hybridized carbons (Fsp3) is 0.562. The summed E-state index contributed by atoms with van der Waals surface area (Å²) in [7, 11) is 0. The minimum absolute atomic E-state index is 0.384. The summed E-state index contributed by atoms with van der Waals surface area (Å²) in [6.07, 6.45) is 5.35. The maximum Gasteiger partial charge on any atom is 0.222 e. The van der Waals surface area contributed by atoms with Gasteiger partial charge in [0.05, 0.1) is 0 Å². The predicted octanol–water partition coefficient (Wildman–Crippen LogP) is 3.48. The molecule has 1 amide bonds. The standard InChI is InChI=1S/C16H20INO/c17-15-7-5-12(6-8-15)3-1-2-4-16(19)18-10-13-9-14(13)11-18/h5-8,13-14H,1-4,9-11H2. The van der Waals surface area contributed by atoms with Gasteiger partial charge in [-0.05, 0) is 77.8 Å². The van der Waals surface area contributed by atoms with Crippen LogP contribution in [0, 0.1) is 15.4 Å². The fourth-order valence-corrected chi connectivity index (χ4v) is 3.38. The third kappa shape index (κ3) is 3.50. The summed E-state index contributed by atoms with van der Waals surface area (Å²) in [4.78, 5) is 14.1. The molecule has 1 heterocycles. The van der Waals surface area contributed by atoms with E-state index in [0.717, 1.165) is 50.6 Å². The predicted molar refractivity (Wildman–Crippen MR) is 84.9 cm³/mol. The van der Waals surface area contributed by atoms with E-state index in [1.165, 1.54) is 15.6 Å². The first-order valence-electron chi connectivity index (χ1n) is 7.24. The van der Waals surface area contributed by atoms with Crippen LogP contribution in [-0.2, 0) is 11.2 Å². The Morgan fingerprint density at radius 3 is 2.53 bits per heavy atom. The van der Waals surface area contributed by atoms with Crippen molar-refractivity contribution in [3.8, 4) is 0 Å². The van der Waals surface area contributed by atoms with Gasteiger partial charge in [0, 0.05) is 23.1 Å². The number of aryl methyl sites for hydroxylation is 1. The maximum atomic E-state index is 12.0. The van der Waals surface area contributed by atoms with Crippen molar-refractivity contribution in [1.82, 2.24) is 4.90 Å². The largest absolute Gasteiger partial charge is 0.342 e. The molecule has 1 saturated heterocycles. The number of carbonyl (C=O) groups is 1. The SMILES string of the molecule is O=C(CCCCc1ccc(I)cc1)N1CC2CC2C1. The summed E-state index contributed by atoms with van der Waals surface area (Å²) in [6, 6.07) is 8.68. The zero-order chi connectivity index (χ0) is 13.2. The molecule has 1 saturated carbocycles. The number of nitrogens with zero attached hydrogens (tertiary/aromatic N) is 1. The van der Waals surface area contributed by atoms with Crippen molar-refractivity contribution >= 4 is 28.5 Å². The molecular weight excluding hydrogens is 349 g/mol. The summed E-state index contributed by atoms with van der Waals surface area (Å²) < 4.78 is 1.28. The molecule has 2 aliphatic rings. The summed E-state index contributed by atoms with van der Waals surface area (Å²) in [5.74, 6) is 2.10. The van der Waals surface area contributed by atoms with Crippen LogP contribution in [0.25, 0.3) is 0 Å². The number of halogens is 1. The number of hydrogen-bond donors (Lipinski definition) is 0. The summed E-state index contributed by atoms with van der Waals surface area (Å²) in [5.41, 5.74) is 1.38. The van der Waals surface area contributed by atoms with Crippen molar-refractivity contribution in [1.29, 1.82) is 0 Å². The number of unbranched alkanes of at least 4 members (excludes halogenated alkanes) is 1. The van der Waals surface area contributed by atoms with Crippen LogP contribution in [0.5, 0.6) is 0 Å². The van der Waals surface area contributed by atoms with Crippen LogP contribution in [0.3, 0.4) is 0 Å². The van der Waals surface area contributed by atoms with Gasteiger partial charge in [0.2, 0.25) is 5.91 Å². The Labute approximate surface area is 128 Å². The van der Waals surface area contributed by atoms with Gasteiger partial charge >= 0.3 is 0 Å². The van der Waals surface area contributed by atoms with Crippen molar-refractivity contribution < 1.29 is 4.79 Å². The van der Waals surface area contributed by atoms with Crippen LogP contribution in [0.4, 0.5) is 0 Å². The molecule has 0 aromatic heterocycles. The number of carbonyl (C=O) groups excluding carboxylic acids is 1. The highest BCUT2D eigenvalue weighted by Crippen LogP contribution is 2.44. The molecule has 2 atom stereocenters. The second kappa shape index (κ2) is 5.81. The molecule has 1 aromatic carbocycles. The normalized spacial score (nSPS) is 24.4. The fourth-order valence-electron chi connectivity index (χ4n) is 3.02. The lowest BCUT2D eigenvalue weighted by molar-refractivity contribution is -0.130. The number of amides is 1. The average molecular weight is 369 g/mol. The molecule has 2 fully saturated rings. The summed E-state index contributed by atoms with van der Waals surface area (Å²) in [5, 5.41) is 0. The van der Waals surface area contributed by atoms with E-state index in [-0.39, 0.29) is 0 Å². The van der Waals surface area contributed by atoms with Crippen molar-refractivity contribution in [3.63, 3.8) is 0 Å². The van der Waals surface area contributed by atoms with Crippen LogP contribution in [-0.4, -0.2) is 23.9 Å². The van der Waals surface area contributed by atoms with Crippen LogP contribution in [0.1, 0.15) is 31.2 Å². The molecule has 3 rings (SSSR count). The molecule has 0 radical (unpaired) electrons. The molecule has 19 heavy (non-hydrogen) atoms. The lowest BCUT2D eigenvalue weighted by atomic mass is 10.1. The van der Waals surface area contributed by atoms with Gasteiger partial charge in [0.15, 0.2) is 0 Å². The molecule has 0 N–H and O–H groups in total. The highest BCUT2D eigenvalue weighted by Gasteiger charge is 2.46. The monoisotopic (exact) mass is 369 g/mol. The van der Waals surface area contributed by atoms with Gasteiger partial charge in [0.25, 0.3) is 0 Å². The highest BCUT2D eigenvalue weighted by atomic mass is 127. The molecule has 1 aliphatic heterocycles. The Hall–Kier alpha value is -0.580. The van der Waals surface area contributed by atoms with Gasteiger partial charge in [-0.1, -0.05) is 12.1 Å². The first-order chi connectivity index (χ1) is 9.22. The molecule has 0 bridgehead atoms. The van der Waals surface area contributed by atoms with E-state index in [1.807, 2.05) is 0 Å². The van der Waals surface area contributed by atoms with Crippen molar-refractivity contribution in [3.05, 3.63) is 33.4 Å². The second-order valence-corrected chi connectivity index (χ2v) is 7.13. The van der Waals surface area contributed by atoms with E-state index in [4.69, 9.17) is 0 Å². The lowest BCUT2D eigenvalue weighted by Crippen LogP contribution is -2.29. The quantitative estimate of drug-likeness (QED) is 0.575. The van der Waals surface area contributed by atoms with E-state index >= 15 is 0 Å². The van der Waals surface area contributed by atoms with Crippen LogP contribution >= 0.6 is 22.6 Å². The average Bonchev–Trinajstić information content (AvgIpc) is 3.03. The zero-order valence-corrected chi connectivity index (χ0v) is 13.3. The van der Waals surface area contributed by atoms with E-state index in [2.05, 4.69) is 51.8 Å². The first-order valence-corrected chi connectivity index (χ1v) is 8.32. The molecule has 3 heteroatoms. The van der Waals surface area contributed by atoms with Crippen LogP contribution < -0.4 is 0 Å². The van der Waals surface area contributed by atoms with E-state index in [9.17, 15) is 4.79 Å². The minimum atomic E-state index is 0.384. The van der Waals surface area contributed by atoms with Crippen LogP contribution in [0.15, 0.2) is 24.3 Å². The Kier molecular flexibility index (Phi) is 4.10. The van der Waals surface area contributed by atoms with Crippen LogP contribution in [0.2, 0.25) is 0 Å². The maximum absolute atomic E-state index is 12.0. The molecule has 1 aliphatic carbocycles. The molecule has 2 unspecified atom stereocenters. The summed E-state index contributed by atoms with van der Waals surface area (Å²) in [6.45, 7) is 2.08. The van der Waals surface area contributed by atoms with E-state index < -0.39 is 0 Å². The number of benzene rings is 1. The summed E-state index contributed by atoms with van der Waals surface area (Å²) >= 11 is 2.33. The number of fused-ring (bicyclic) bond motifs is 1. The molecule has 2 nitrogen and oxygen atoms in total. The van der Waals surface area contributed by atoms with Gasteiger partial charge in [-0.25, -0.2) is 0 Å². The topological polar surface area (TPSA) is 20.3 Å². The van der Waals surface area contributed by atoms with Crippen molar-refractivity contribution in [2.45, 2.75) is 32.1 Å². The molecule has 0 spiro atoms. The Balaban J connectivity index is 1.34. The van der Waals surface area contributed by atoms with Gasteiger partial charge in [0.1, 0.15) is 0 Å². The van der Waals surface area contributed by atoms with E-state index in [1.54, 1.807) is 0 Å². The third-order valence-corrected chi connectivity index (χ3v) is 5.07. The van der Waals surface area contributed by atoms with Gasteiger partial charge < -0.3 is 4.90 Å². The number of piperidine rings is 1. The highest BCUT2D eigenvalue weighted by molar-refractivity contribution is 14.1. The Bertz CT molecular complexity index is 446. The smallest absolute Gasteiger partial charge is 0.222 e. The number of rotatable bonds is 5.